The van der Waals surface area contributed by atoms with Gasteiger partial charge in [0.1, 0.15) is 11.5 Å². The van der Waals surface area contributed by atoms with Crippen LogP contribution in [0.5, 0.6) is 11.5 Å². The topological polar surface area (TPSA) is 34.2 Å². The van der Waals surface area contributed by atoms with Gasteiger partial charge >= 0.3 is 0 Å². The largest absolute Gasteiger partial charge is 0.497 e. The van der Waals surface area contributed by atoms with E-state index in [-0.39, 0.29) is 5.92 Å². The van der Waals surface area contributed by atoms with Gasteiger partial charge in [-0.15, -0.1) is 0 Å². The number of para-hydroxylation sites is 1. The first-order valence-electron chi connectivity index (χ1n) is 10.8. The van der Waals surface area contributed by atoms with Gasteiger partial charge in [-0.1, -0.05) is 72.8 Å². The van der Waals surface area contributed by atoms with Gasteiger partial charge in [0.25, 0.3) is 0 Å². The maximum Gasteiger partial charge on any atom is 0.127 e. The first-order chi connectivity index (χ1) is 15.8. The Morgan fingerprint density at radius 2 is 1.44 bits per heavy atom. The third-order valence-electron chi connectivity index (χ3n) is 6.52. The summed E-state index contributed by atoms with van der Waals surface area (Å²) in [7, 11) is 3.44. The van der Waals surface area contributed by atoms with E-state index in [9.17, 15) is 0 Å². The summed E-state index contributed by atoms with van der Waals surface area (Å²) in [6.07, 6.45) is 0. The second-order valence-corrected chi connectivity index (χ2v) is 8.14. The molecule has 1 N–H and O–H groups in total. The van der Waals surface area contributed by atoms with Gasteiger partial charge in [-0.25, -0.2) is 0 Å². The molecule has 32 heavy (non-hydrogen) atoms. The van der Waals surface area contributed by atoms with Gasteiger partial charge in [0.05, 0.1) is 19.9 Å². The van der Waals surface area contributed by atoms with E-state index in [4.69, 9.17) is 9.47 Å². The average Bonchev–Trinajstić information content (AvgIpc) is 3.39. The molecule has 6 rings (SSSR count). The normalized spacial score (nSPS) is 14.2. The summed E-state index contributed by atoms with van der Waals surface area (Å²) in [6, 6.07) is 31.9. The van der Waals surface area contributed by atoms with Crippen LogP contribution in [0.3, 0.4) is 0 Å². The minimum Gasteiger partial charge on any atom is -0.497 e. The molecule has 1 aliphatic carbocycles. The summed E-state index contributed by atoms with van der Waals surface area (Å²) in [5, 5.41) is 1.23. The molecule has 0 saturated heterocycles. The molecule has 1 aliphatic rings. The second kappa shape index (κ2) is 7.31. The Bertz CT molecular complexity index is 1450. The molecule has 0 unspecified atom stereocenters. The first kappa shape index (κ1) is 18.8. The van der Waals surface area contributed by atoms with Crippen LogP contribution in [0.15, 0.2) is 91.0 Å². The fourth-order valence-electron chi connectivity index (χ4n) is 5.15. The Morgan fingerprint density at radius 3 is 2.25 bits per heavy atom. The summed E-state index contributed by atoms with van der Waals surface area (Å²) in [6.45, 7) is 0. The molecule has 1 atom stereocenters. The molecule has 0 spiro atoms. The molecule has 1 heterocycles. The Balaban J connectivity index is 1.73. The quantitative estimate of drug-likeness (QED) is 0.335. The maximum absolute atomic E-state index is 5.93. The Morgan fingerprint density at radius 1 is 0.688 bits per heavy atom. The minimum absolute atomic E-state index is 0.0495. The van der Waals surface area contributed by atoms with Crippen molar-refractivity contribution in [3.05, 3.63) is 108 Å². The lowest BCUT2D eigenvalue weighted by Crippen LogP contribution is -2.03. The molecule has 156 valence electrons. The molecule has 0 aliphatic heterocycles. The molecular formula is C29H23NO2. The molecule has 4 aromatic carbocycles. The maximum atomic E-state index is 5.93. The zero-order chi connectivity index (χ0) is 21.7. The molecule has 3 nitrogen and oxygen atoms in total. The molecule has 3 heteroatoms. The molecule has 0 amide bonds. The van der Waals surface area contributed by atoms with Gasteiger partial charge < -0.3 is 14.5 Å². The van der Waals surface area contributed by atoms with Gasteiger partial charge in [-0.05, 0) is 39.9 Å². The third kappa shape index (κ3) is 2.68. The molecule has 1 aromatic heterocycles. The number of ether oxygens (including phenoxy) is 2. The molecule has 0 radical (unpaired) electrons. The monoisotopic (exact) mass is 417 g/mol. The Kier molecular flexibility index (Phi) is 4.29. The third-order valence-corrected chi connectivity index (χ3v) is 6.52. The van der Waals surface area contributed by atoms with E-state index in [1.807, 2.05) is 6.07 Å². The number of benzene rings is 4. The predicted octanol–water partition coefficient (Wildman–Crippen LogP) is 7.01. The van der Waals surface area contributed by atoms with Crippen LogP contribution in [0.2, 0.25) is 0 Å². The van der Waals surface area contributed by atoms with Crippen molar-refractivity contribution in [2.24, 2.45) is 0 Å². The van der Waals surface area contributed by atoms with E-state index in [1.54, 1.807) is 14.2 Å². The molecule has 0 saturated carbocycles. The Labute approximate surface area is 187 Å². The molecular weight excluding hydrogens is 394 g/mol. The number of hydrogen-bond acceptors (Lipinski definition) is 2. The fourth-order valence-corrected chi connectivity index (χ4v) is 5.15. The number of aromatic nitrogens is 1. The predicted molar refractivity (Wildman–Crippen MR) is 130 cm³/mol. The molecule has 5 aromatic rings. The van der Waals surface area contributed by atoms with Gasteiger partial charge in [0, 0.05) is 28.5 Å². The van der Waals surface area contributed by atoms with Gasteiger partial charge in [-0.3, -0.25) is 0 Å². The SMILES string of the molecule is COc1cc(OC)c2c(c1)-c1ccccc1[C@H]2c1c(-c2ccccc2)[nH]c2ccccc12. The van der Waals surface area contributed by atoms with E-state index in [1.165, 1.54) is 38.8 Å². The van der Waals surface area contributed by atoms with Crippen molar-refractivity contribution in [2.45, 2.75) is 5.92 Å². The van der Waals surface area contributed by atoms with E-state index in [0.717, 1.165) is 22.7 Å². The highest BCUT2D eigenvalue weighted by Gasteiger charge is 2.36. The zero-order valence-corrected chi connectivity index (χ0v) is 18.1. The Hall–Kier alpha value is -3.98. The van der Waals surface area contributed by atoms with Gasteiger partial charge in [0.2, 0.25) is 0 Å². The number of aromatic amines is 1. The number of hydrogen-bond donors (Lipinski definition) is 1. The van der Waals surface area contributed by atoms with Crippen molar-refractivity contribution in [1.29, 1.82) is 0 Å². The standard InChI is InChI=1S/C29H23NO2/c1-31-19-16-23-20-12-6-7-13-21(20)27(26(23)25(17-19)32-2)28-22-14-8-9-15-24(22)30-29(28)18-10-4-3-5-11-18/h3-17,27,30H,1-2H3/t27-/m1/s1. The summed E-state index contributed by atoms with van der Waals surface area (Å²) in [5.74, 6) is 1.71. The molecule has 0 fully saturated rings. The summed E-state index contributed by atoms with van der Waals surface area (Å²) in [4.78, 5) is 3.71. The number of nitrogens with one attached hydrogen (secondary N) is 1. The van der Waals surface area contributed by atoms with Crippen LogP contribution >= 0.6 is 0 Å². The van der Waals surface area contributed by atoms with Gasteiger partial charge in [0.15, 0.2) is 0 Å². The van der Waals surface area contributed by atoms with Crippen LogP contribution < -0.4 is 9.47 Å². The van der Waals surface area contributed by atoms with Crippen molar-refractivity contribution in [2.75, 3.05) is 14.2 Å². The number of fused-ring (bicyclic) bond motifs is 4. The first-order valence-corrected chi connectivity index (χ1v) is 10.8. The van der Waals surface area contributed by atoms with Crippen LogP contribution in [0, 0.1) is 0 Å². The zero-order valence-electron chi connectivity index (χ0n) is 18.1. The van der Waals surface area contributed by atoms with Crippen LogP contribution in [-0.2, 0) is 0 Å². The highest BCUT2D eigenvalue weighted by molar-refractivity contribution is 5.96. The average molecular weight is 418 g/mol. The smallest absolute Gasteiger partial charge is 0.127 e. The lowest BCUT2D eigenvalue weighted by molar-refractivity contribution is 0.391. The lowest BCUT2D eigenvalue weighted by atomic mass is 9.85. The van der Waals surface area contributed by atoms with Crippen molar-refractivity contribution >= 4 is 10.9 Å². The van der Waals surface area contributed by atoms with Crippen molar-refractivity contribution in [3.63, 3.8) is 0 Å². The fraction of sp³-hybridized carbons (Fsp3) is 0.103. The van der Waals surface area contributed by atoms with E-state index >= 15 is 0 Å². The van der Waals surface area contributed by atoms with E-state index < -0.39 is 0 Å². The lowest BCUT2D eigenvalue weighted by Gasteiger charge is -2.19. The summed E-state index contributed by atoms with van der Waals surface area (Å²) in [5.41, 5.74) is 9.63. The van der Waals surface area contributed by atoms with E-state index in [2.05, 4.69) is 89.9 Å². The van der Waals surface area contributed by atoms with E-state index in [0.29, 0.717) is 0 Å². The highest BCUT2D eigenvalue weighted by atomic mass is 16.5. The minimum atomic E-state index is 0.0495. The summed E-state index contributed by atoms with van der Waals surface area (Å²) >= 11 is 0. The van der Waals surface area contributed by atoms with Crippen molar-refractivity contribution in [1.82, 2.24) is 4.98 Å². The van der Waals surface area contributed by atoms with Crippen molar-refractivity contribution in [3.8, 4) is 33.9 Å². The van der Waals surface area contributed by atoms with Crippen LogP contribution in [0.1, 0.15) is 22.6 Å². The van der Waals surface area contributed by atoms with Crippen LogP contribution in [-0.4, -0.2) is 19.2 Å². The second-order valence-electron chi connectivity index (χ2n) is 8.14. The summed E-state index contributed by atoms with van der Waals surface area (Å²) < 4.78 is 11.5. The van der Waals surface area contributed by atoms with Gasteiger partial charge in [-0.2, -0.15) is 0 Å². The molecule has 0 bridgehead atoms. The number of methoxy groups -OCH3 is 2. The van der Waals surface area contributed by atoms with Crippen LogP contribution in [0.4, 0.5) is 0 Å². The van der Waals surface area contributed by atoms with Crippen molar-refractivity contribution < 1.29 is 9.47 Å². The number of rotatable bonds is 4. The highest BCUT2D eigenvalue weighted by Crippen LogP contribution is 2.55. The van der Waals surface area contributed by atoms with Crippen LogP contribution in [0.25, 0.3) is 33.3 Å². The number of H-pyrrole nitrogens is 1.